The Morgan fingerprint density at radius 2 is 1.31 bits per heavy atom. The molecule has 0 N–H and O–H groups in total. The first-order valence-corrected chi connectivity index (χ1v) is 6.40. The highest BCUT2D eigenvalue weighted by Crippen LogP contribution is 2.43. The molecule has 0 rings (SSSR count). The number of hydrogen-bond acceptors (Lipinski definition) is 0. The Balaban J connectivity index is 4.55. The Morgan fingerprint density at radius 1 is 1.00 bits per heavy atom. The summed E-state index contributed by atoms with van der Waals surface area (Å²) < 4.78 is 0. The molecule has 0 bridgehead atoms. The average Bonchev–Trinajstić information content (AvgIpc) is 2.01. The fourth-order valence-electron chi connectivity index (χ4n) is 2.61. The molecule has 0 aliphatic carbocycles. The van der Waals surface area contributed by atoms with Gasteiger partial charge in [0.05, 0.1) is 0 Å². The summed E-state index contributed by atoms with van der Waals surface area (Å²) in [5.41, 5.74) is 0. The average molecular weight is 199 g/mol. The van der Waals surface area contributed by atoms with Gasteiger partial charge in [0.1, 0.15) is 0 Å². The first kappa shape index (κ1) is 13.2. The minimum absolute atomic E-state index is 0.491. The monoisotopic (exact) mass is 199 g/mol. The summed E-state index contributed by atoms with van der Waals surface area (Å²) in [6.45, 7) is 14.2. The van der Waals surface area contributed by atoms with E-state index in [0.717, 1.165) is 17.8 Å². The summed E-state index contributed by atoms with van der Waals surface area (Å²) in [5.74, 6) is 2.60. The van der Waals surface area contributed by atoms with Crippen LogP contribution in [0.15, 0.2) is 0 Å². The normalized spacial score (nSPS) is 19.6. The van der Waals surface area contributed by atoms with Gasteiger partial charge in [0.25, 0.3) is 0 Å². The highest BCUT2D eigenvalue weighted by molar-refractivity contribution is 6.14. The van der Waals surface area contributed by atoms with Gasteiger partial charge in [-0.25, -0.2) is 0 Å². The third-order valence-corrected chi connectivity index (χ3v) is 3.89. The Morgan fingerprint density at radius 3 is 1.46 bits per heavy atom. The van der Waals surface area contributed by atoms with Crippen LogP contribution < -0.4 is 0 Å². The first-order valence-electron chi connectivity index (χ1n) is 5.69. The van der Waals surface area contributed by atoms with Gasteiger partial charge in [0, 0.05) is 10.2 Å². The second-order valence-electron chi connectivity index (χ2n) is 5.29. The van der Waals surface area contributed by atoms with Crippen molar-refractivity contribution in [2.75, 3.05) is 0 Å². The molecule has 2 unspecified atom stereocenters. The van der Waals surface area contributed by atoms with Crippen LogP contribution in [0.25, 0.3) is 0 Å². The van der Waals surface area contributed by atoms with Gasteiger partial charge in [-0.2, -0.15) is 0 Å². The van der Waals surface area contributed by atoms with Gasteiger partial charge < -0.3 is 0 Å². The third-order valence-electron chi connectivity index (χ3n) is 3.42. The van der Waals surface area contributed by atoms with Crippen LogP contribution >= 0.6 is 0 Å². The van der Waals surface area contributed by atoms with Crippen molar-refractivity contribution >= 4 is 10.2 Å². The van der Waals surface area contributed by atoms with Gasteiger partial charge in [-0.15, -0.1) is 0 Å². The zero-order valence-corrected chi connectivity index (χ0v) is 11.8. The van der Waals surface area contributed by atoms with Crippen LogP contribution in [-0.4, -0.2) is 10.2 Å². The van der Waals surface area contributed by atoms with Gasteiger partial charge in [0.15, 0.2) is 0 Å². The molecule has 0 aromatic heterocycles. The maximum absolute atomic E-state index is 2.41. The number of hydrogen-bond donors (Lipinski definition) is 0. The van der Waals surface area contributed by atoms with Crippen molar-refractivity contribution in [3.8, 4) is 0 Å². The molecule has 0 saturated heterocycles. The highest BCUT2D eigenvalue weighted by atomic mass is 28.1. The molecule has 0 aliphatic rings. The fourth-order valence-corrected chi connectivity index (χ4v) is 3.41. The van der Waals surface area contributed by atoms with Crippen LogP contribution in [0.2, 0.25) is 5.04 Å². The molecule has 13 heavy (non-hydrogen) atoms. The summed E-state index contributed by atoms with van der Waals surface area (Å²) in [5, 5.41) is 0.491. The molecule has 0 spiro atoms. The van der Waals surface area contributed by atoms with E-state index in [9.17, 15) is 0 Å². The molecule has 0 aromatic carbocycles. The molecular weight excluding hydrogens is 172 g/mol. The lowest BCUT2D eigenvalue weighted by molar-refractivity contribution is 0.190. The van der Waals surface area contributed by atoms with E-state index in [1.54, 1.807) is 0 Å². The molecule has 0 nitrogen and oxygen atoms in total. The van der Waals surface area contributed by atoms with Crippen molar-refractivity contribution in [1.82, 2.24) is 0 Å². The maximum atomic E-state index is 2.41. The maximum Gasteiger partial charge on any atom is 0.0160 e. The van der Waals surface area contributed by atoms with E-state index in [1.165, 1.54) is 12.8 Å². The summed E-state index contributed by atoms with van der Waals surface area (Å²) >= 11 is 0. The lowest BCUT2D eigenvalue weighted by Crippen LogP contribution is -2.29. The number of rotatable bonds is 5. The minimum atomic E-state index is 0.491. The lowest BCUT2D eigenvalue weighted by Gasteiger charge is -2.39. The third kappa shape index (κ3) is 3.84. The van der Waals surface area contributed by atoms with Gasteiger partial charge >= 0.3 is 0 Å². The van der Waals surface area contributed by atoms with Crippen molar-refractivity contribution < 1.29 is 0 Å². The van der Waals surface area contributed by atoms with E-state index in [-0.39, 0.29) is 0 Å². The Kier molecular flexibility index (Phi) is 5.27. The topological polar surface area (TPSA) is 0 Å². The van der Waals surface area contributed by atoms with Crippen molar-refractivity contribution in [2.45, 2.75) is 59.4 Å². The molecular formula is C12H27Si. The van der Waals surface area contributed by atoms with Crippen LogP contribution in [0.4, 0.5) is 0 Å². The Labute approximate surface area is 87.9 Å². The molecule has 0 heterocycles. The van der Waals surface area contributed by atoms with E-state index in [1.807, 2.05) is 0 Å². The molecule has 0 saturated carbocycles. The molecule has 1 radical (unpaired) electrons. The summed E-state index contributed by atoms with van der Waals surface area (Å²) in [7, 11) is 2.17. The summed E-state index contributed by atoms with van der Waals surface area (Å²) in [4.78, 5) is 0. The SMILES string of the molecule is CCC(C)C(C(C)CC)C(C)(C)[SiH2]. The smallest absolute Gasteiger partial charge is 0.0160 e. The second-order valence-corrected chi connectivity index (χ2v) is 7.11. The first-order chi connectivity index (χ1) is 5.84. The van der Waals surface area contributed by atoms with Gasteiger partial charge in [-0.1, -0.05) is 54.4 Å². The van der Waals surface area contributed by atoms with E-state index >= 15 is 0 Å². The van der Waals surface area contributed by atoms with E-state index in [2.05, 4.69) is 51.8 Å². The molecule has 0 amide bonds. The van der Waals surface area contributed by atoms with Crippen molar-refractivity contribution in [3.63, 3.8) is 0 Å². The lowest BCUT2D eigenvalue weighted by atomic mass is 9.73. The Bertz CT molecular complexity index is 125. The molecule has 0 fully saturated rings. The van der Waals surface area contributed by atoms with Crippen molar-refractivity contribution in [1.29, 1.82) is 0 Å². The van der Waals surface area contributed by atoms with Gasteiger partial charge in [-0.3, -0.25) is 0 Å². The zero-order chi connectivity index (χ0) is 10.6. The van der Waals surface area contributed by atoms with Crippen LogP contribution in [0, 0.1) is 17.8 Å². The Hall–Kier alpha value is 0.217. The van der Waals surface area contributed by atoms with E-state index < -0.39 is 0 Å². The van der Waals surface area contributed by atoms with Crippen LogP contribution in [0.3, 0.4) is 0 Å². The quantitative estimate of drug-likeness (QED) is 0.594. The van der Waals surface area contributed by atoms with Crippen LogP contribution in [0.5, 0.6) is 0 Å². The highest BCUT2D eigenvalue weighted by Gasteiger charge is 2.32. The minimum Gasteiger partial charge on any atom is -0.0651 e. The fraction of sp³-hybridized carbons (Fsp3) is 1.00. The van der Waals surface area contributed by atoms with Crippen LogP contribution in [-0.2, 0) is 0 Å². The van der Waals surface area contributed by atoms with Gasteiger partial charge in [0.2, 0.25) is 0 Å². The second kappa shape index (κ2) is 5.19. The molecule has 0 aliphatic heterocycles. The van der Waals surface area contributed by atoms with Crippen molar-refractivity contribution in [3.05, 3.63) is 0 Å². The zero-order valence-electron chi connectivity index (χ0n) is 10.4. The summed E-state index contributed by atoms with van der Waals surface area (Å²) in [6, 6.07) is 0. The van der Waals surface area contributed by atoms with E-state index in [4.69, 9.17) is 0 Å². The van der Waals surface area contributed by atoms with Crippen molar-refractivity contribution in [2.24, 2.45) is 17.8 Å². The molecule has 1 heteroatoms. The molecule has 2 atom stereocenters. The standard InChI is InChI=1S/C12H27Si/c1-7-9(3)11(10(4)8-2)12(5,6)13/h9-11H,7-8,13H2,1-6H3. The summed E-state index contributed by atoms with van der Waals surface area (Å²) in [6.07, 6.45) is 2.63. The largest absolute Gasteiger partial charge is 0.0651 e. The predicted molar refractivity (Wildman–Crippen MR) is 65.0 cm³/mol. The molecule has 79 valence electrons. The van der Waals surface area contributed by atoms with Crippen LogP contribution in [0.1, 0.15) is 54.4 Å². The van der Waals surface area contributed by atoms with E-state index in [0.29, 0.717) is 5.04 Å². The van der Waals surface area contributed by atoms with Gasteiger partial charge in [-0.05, 0) is 22.8 Å². The predicted octanol–water partition coefficient (Wildman–Crippen LogP) is 3.53. The molecule has 0 aromatic rings.